The van der Waals surface area contributed by atoms with Gasteiger partial charge >= 0.3 is 5.97 Å². The summed E-state index contributed by atoms with van der Waals surface area (Å²) in [6, 6.07) is 9.76. The maximum absolute atomic E-state index is 12.3. The number of carboxylic acids is 1. The molecule has 1 fully saturated rings. The van der Waals surface area contributed by atoms with Crippen molar-refractivity contribution in [3.63, 3.8) is 0 Å². The maximum atomic E-state index is 12.3. The molecule has 7 nitrogen and oxygen atoms in total. The van der Waals surface area contributed by atoms with Crippen molar-refractivity contribution in [3.8, 4) is 0 Å². The molecule has 1 aromatic carbocycles. The predicted octanol–water partition coefficient (Wildman–Crippen LogP) is 4.49. The number of benzene rings is 1. The van der Waals surface area contributed by atoms with Gasteiger partial charge < -0.3 is 19.9 Å². The van der Waals surface area contributed by atoms with Crippen molar-refractivity contribution in [2.24, 2.45) is 0 Å². The second kappa shape index (κ2) is 10.9. The summed E-state index contributed by atoms with van der Waals surface area (Å²) in [5, 5.41) is 13.5. The van der Waals surface area contributed by atoms with Gasteiger partial charge in [0.25, 0.3) is 0 Å². The van der Waals surface area contributed by atoms with Crippen molar-refractivity contribution in [2.75, 3.05) is 38.2 Å². The number of carboxylic acid groups (broad SMARTS) is 1. The normalized spacial score (nSPS) is 20.1. The van der Waals surface area contributed by atoms with Crippen molar-refractivity contribution < 1.29 is 19.4 Å². The Morgan fingerprint density at radius 2 is 2.06 bits per heavy atom. The molecule has 194 valence electrons. The van der Waals surface area contributed by atoms with E-state index < -0.39 is 17.6 Å². The zero-order chi connectivity index (χ0) is 25.1. The predicted molar refractivity (Wildman–Crippen MR) is 139 cm³/mol. The Hall–Kier alpha value is -2.48. The van der Waals surface area contributed by atoms with Crippen LogP contribution in [0.15, 0.2) is 30.3 Å². The van der Waals surface area contributed by atoms with Crippen LogP contribution in [0.3, 0.4) is 0 Å². The van der Waals surface area contributed by atoms with Crippen molar-refractivity contribution in [2.45, 2.75) is 76.5 Å². The second-order valence-corrected chi connectivity index (χ2v) is 10.8. The lowest BCUT2D eigenvalue weighted by Gasteiger charge is -2.44. The molecule has 3 aliphatic heterocycles. The van der Waals surface area contributed by atoms with Gasteiger partial charge in [-0.15, -0.1) is 0 Å². The van der Waals surface area contributed by atoms with Crippen LogP contribution in [-0.4, -0.2) is 59.9 Å². The van der Waals surface area contributed by atoms with Crippen LogP contribution in [0.1, 0.15) is 73.5 Å². The number of unbranched alkanes of at least 4 members (excludes halogenated alkanes) is 2. The molecule has 0 saturated carbocycles. The average Bonchev–Trinajstić information content (AvgIpc) is 2.83. The van der Waals surface area contributed by atoms with Gasteiger partial charge in [-0.25, -0.2) is 4.98 Å². The number of aromatic nitrogens is 1. The van der Waals surface area contributed by atoms with E-state index in [2.05, 4.69) is 23.5 Å². The monoisotopic (exact) mass is 493 g/mol. The Bertz CT molecular complexity index is 1080. The van der Waals surface area contributed by atoms with E-state index in [-0.39, 0.29) is 6.10 Å². The lowest BCUT2D eigenvalue weighted by Crippen LogP contribution is -2.55. The smallest absolute Gasteiger partial charge is 0.325 e. The number of anilines is 1. The highest BCUT2D eigenvalue weighted by molar-refractivity contribution is 5.77. The first-order valence-electron chi connectivity index (χ1n) is 13.5. The van der Waals surface area contributed by atoms with Crippen molar-refractivity contribution in [1.29, 1.82) is 0 Å². The summed E-state index contributed by atoms with van der Waals surface area (Å²) < 4.78 is 12.1. The number of aliphatic carboxylic acids is 1. The third-order valence-electron chi connectivity index (χ3n) is 7.77. The molecule has 1 atom stereocenters. The molecule has 0 amide bonds. The molecule has 2 N–H and O–H groups in total. The second-order valence-electron chi connectivity index (χ2n) is 10.8. The van der Waals surface area contributed by atoms with Crippen LogP contribution in [-0.2, 0) is 39.1 Å². The number of nitrogens with zero attached hydrogens (tertiary/aromatic N) is 2. The van der Waals surface area contributed by atoms with Gasteiger partial charge in [0.15, 0.2) is 0 Å². The number of hydrogen-bond donors (Lipinski definition) is 2. The Morgan fingerprint density at radius 3 is 2.89 bits per heavy atom. The van der Waals surface area contributed by atoms with Crippen LogP contribution < -0.4 is 5.32 Å². The number of carbonyl (C=O) groups is 1. The molecule has 5 rings (SSSR count). The minimum atomic E-state index is -0.811. The number of likely N-dealkylation sites (tertiary alicyclic amines) is 1. The van der Waals surface area contributed by atoms with Crippen molar-refractivity contribution in [3.05, 3.63) is 58.3 Å². The van der Waals surface area contributed by atoms with Gasteiger partial charge in [-0.05, 0) is 80.7 Å². The molecule has 4 heterocycles. The molecule has 1 saturated heterocycles. The van der Waals surface area contributed by atoms with E-state index in [1.54, 1.807) is 0 Å². The van der Waals surface area contributed by atoms with Crippen LogP contribution >= 0.6 is 0 Å². The summed E-state index contributed by atoms with van der Waals surface area (Å²) >= 11 is 0. The third kappa shape index (κ3) is 5.43. The highest BCUT2D eigenvalue weighted by Gasteiger charge is 2.41. The fourth-order valence-corrected chi connectivity index (χ4v) is 5.89. The van der Waals surface area contributed by atoms with Crippen LogP contribution in [0, 0.1) is 0 Å². The molecule has 0 aliphatic carbocycles. The van der Waals surface area contributed by atoms with E-state index in [9.17, 15) is 9.90 Å². The molecular formula is C29H39N3O4. The molecular weight excluding hydrogens is 454 g/mol. The van der Waals surface area contributed by atoms with Gasteiger partial charge in [0.2, 0.25) is 0 Å². The number of fused-ring (bicyclic) bond motifs is 2. The minimum Gasteiger partial charge on any atom is -0.480 e. The van der Waals surface area contributed by atoms with Gasteiger partial charge in [-0.2, -0.15) is 0 Å². The maximum Gasteiger partial charge on any atom is 0.325 e. The zero-order valence-corrected chi connectivity index (χ0v) is 21.6. The number of nitrogens with one attached hydrogen (secondary N) is 1. The molecule has 0 radical (unpaired) electrons. The largest absolute Gasteiger partial charge is 0.480 e. The van der Waals surface area contributed by atoms with Gasteiger partial charge in [0.1, 0.15) is 11.9 Å². The highest BCUT2D eigenvalue weighted by Crippen LogP contribution is 2.40. The minimum absolute atomic E-state index is 0.101. The van der Waals surface area contributed by atoms with Crippen molar-refractivity contribution in [1.82, 2.24) is 9.88 Å². The SMILES string of the molecule is CC1(C)OCCc2cccc(C(C(=O)O)N3CC(OCCCCCc4ccc5c(n4)NCCC5)C3)c21. The number of hydrogen-bond acceptors (Lipinski definition) is 6. The Balaban J connectivity index is 1.07. The fraction of sp³-hybridized carbons (Fsp3) is 0.586. The zero-order valence-electron chi connectivity index (χ0n) is 21.6. The van der Waals surface area contributed by atoms with Crippen LogP contribution in [0.25, 0.3) is 0 Å². The number of aryl methyl sites for hydroxylation is 2. The van der Waals surface area contributed by atoms with E-state index in [0.717, 1.165) is 74.3 Å². The molecule has 0 spiro atoms. The first-order chi connectivity index (χ1) is 17.4. The first kappa shape index (κ1) is 25.2. The van der Waals surface area contributed by atoms with Gasteiger partial charge in [-0.1, -0.05) is 30.7 Å². The van der Waals surface area contributed by atoms with Crippen LogP contribution in [0.5, 0.6) is 0 Å². The Morgan fingerprint density at radius 1 is 1.19 bits per heavy atom. The molecule has 3 aliphatic rings. The van der Waals surface area contributed by atoms with Crippen LogP contribution in [0.2, 0.25) is 0 Å². The topological polar surface area (TPSA) is 83.9 Å². The fourth-order valence-electron chi connectivity index (χ4n) is 5.89. The molecule has 7 heteroatoms. The lowest BCUT2D eigenvalue weighted by atomic mass is 9.82. The van der Waals surface area contributed by atoms with E-state index in [1.165, 1.54) is 17.5 Å². The number of ether oxygens (including phenoxy) is 2. The van der Waals surface area contributed by atoms with Crippen LogP contribution in [0.4, 0.5) is 5.82 Å². The van der Waals surface area contributed by atoms with E-state index in [4.69, 9.17) is 14.5 Å². The van der Waals surface area contributed by atoms with E-state index in [0.29, 0.717) is 19.7 Å². The van der Waals surface area contributed by atoms with Gasteiger partial charge in [-0.3, -0.25) is 9.69 Å². The lowest BCUT2D eigenvalue weighted by molar-refractivity contribution is -0.151. The summed E-state index contributed by atoms with van der Waals surface area (Å²) in [6.45, 7) is 7.77. The summed E-state index contributed by atoms with van der Waals surface area (Å²) in [5.41, 5.74) is 5.11. The van der Waals surface area contributed by atoms with Gasteiger partial charge in [0, 0.05) is 31.9 Å². The average molecular weight is 494 g/mol. The highest BCUT2D eigenvalue weighted by atomic mass is 16.5. The molecule has 2 aromatic rings. The third-order valence-corrected chi connectivity index (χ3v) is 7.77. The Kier molecular flexibility index (Phi) is 7.60. The Labute approximate surface area is 214 Å². The quantitative estimate of drug-likeness (QED) is 0.472. The van der Waals surface area contributed by atoms with Crippen molar-refractivity contribution >= 4 is 11.8 Å². The summed E-state index contributed by atoms with van der Waals surface area (Å²) in [4.78, 5) is 19.1. The molecule has 1 aromatic heterocycles. The summed E-state index contributed by atoms with van der Waals surface area (Å²) in [5.74, 6) is 0.262. The molecule has 1 unspecified atom stereocenters. The first-order valence-corrected chi connectivity index (χ1v) is 13.5. The van der Waals surface area contributed by atoms with E-state index in [1.807, 2.05) is 30.9 Å². The van der Waals surface area contributed by atoms with E-state index >= 15 is 0 Å². The molecule has 36 heavy (non-hydrogen) atoms. The standard InChI is InChI=1S/C29H39N3O4/c1-29(2)25-20(14-17-36-29)8-6-11-24(25)26(28(33)34)32-18-23(19-32)35-16-5-3-4-10-22-13-12-21-9-7-15-30-27(21)31-22/h6,8,11-13,23,26H,3-5,7,9-10,14-19H2,1-2H3,(H,30,31)(H,33,34). The number of pyridine rings is 1. The summed E-state index contributed by atoms with van der Waals surface area (Å²) in [6.07, 6.45) is 7.45. The molecule has 0 bridgehead atoms. The number of rotatable bonds is 10. The van der Waals surface area contributed by atoms with Gasteiger partial charge in [0.05, 0.1) is 18.3 Å². The summed E-state index contributed by atoms with van der Waals surface area (Å²) in [7, 11) is 0.